The molecular weight excluding hydrogens is 236 g/mol. The highest BCUT2D eigenvalue weighted by Crippen LogP contribution is 2.36. The average molecular weight is 258 g/mol. The van der Waals surface area contributed by atoms with Crippen LogP contribution in [-0.2, 0) is 11.2 Å². The number of benzene rings is 1. The molecule has 1 aliphatic heterocycles. The molecule has 2 aliphatic rings. The van der Waals surface area contributed by atoms with Gasteiger partial charge in [0.05, 0.1) is 0 Å². The summed E-state index contributed by atoms with van der Waals surface area (Å²) in [5.41, 5.74) is 2.75. The molecule has 1 aromatic carbocycles. The summed E-state index contributed by atoms with van der Waals surface area (Å²) < 4.78 is 0. The third-order valence-electron chi connectivity index (χ3n) is 4.44. The Kier molecular flexibility index (Phi) is 3.56. The Balaban J connectivity index is 1.60. The summed E-state index contributed by atoms with van der Waals surface area (Å²) >= 11 is 0. The molecular formula is C16H22N2O. The van der Waals surface area contributed by atoms with E-state index in [0.29, 0.717) is 12.5 Å². The summed E-state index contributed by atoms with van der Waals surface area (Å²) in [5.74, 6) is 1.03. The second kappa shape index (κ2) is 5.33. The fourth-order valence-electron chi connectivity index (χ4n) is 2.95. The molecule has 1 amide bonds. The molecule has 3 nitrogen and oxygen atoms in total. The predicted molar refractivity (Wildman–Crippen MR) is 75.8 cm³/mol. The Morgan fingerprint density at radius 3 is 3.00 bits per heavy atom. The molecule has 1 aromatic rings. The van der Waals surface area contributed by atoms with E-state index in [-0.39, 0.29) is 17.9 Å². The first-order chi connectivity index (χ1) is 9.25. The van der Waals surface area contributed by atoms with E-state index in [9.17, 15) is 4.79 Å². The van der Waals surface area contributed by atoms with Crippen LogP contribution in [0.25, 0.3) is 0 Å². The first kappa shape index (κ1) is 12.7. The van der Waals surface area contributed by atoms with Crippen molar-refractivity contribution in [3.63, 3.8) is 0 Å². The van der Waals surface area contributed by atoms with Crippen LogP contribution in [0.4, 0.5) is 0 Å². The van der Waals surface area contributed by atoms with Gasteiger partial charge < -0.3 is 10.6 Å². The van der Waals surface area contributed by atoms with Crippen LogP contribution >= 0.6 is 0 Å². The van der Waals surface area contributed by atoms with Gasteiger partial charge in [-0.1, -0.05) is 31.2 Å². The van der Waals surface area contributed by atoms with Gasteiger partial charge in [-0.25, -0.2) is 0 Å². The number of fused-ring (bicyclic) bond motifs is 1. The third-order valence-corrected chi connectivity index (χ3v) is 4.44. The molecule has 1 fully saturated rings. The Bertz CT molecular complexity index is 468. The second-order valence-corrected chi connectivity index (χ2v) is 5.83. The minimum absolute atomic E-state index is 0.179. The zero-order valence-corrected chi connectivity index (χ0v) is 11.5. The molecule has 102 valence electrons. The molecule has 1 aliphatic carbocycles. The predicted octanol–water partition coefficient (Wildman–Crippen LogP) is 2.04. The first-order valence-corrected chi connectivity index (χ1v) is 7.34. The van der Waals surface area contributed by atoms with Crippen molar-refractivity contribution in [3.8, 4) is 0 Å². The number of hydrogen-bond acceptors (Lipinski definition) is 2. The maximum absolute atomic E-state index is 12.0. The van der Waals surface area contributed by atoms with Crippen LogP contribution in [0.15, 0.2) is 24.3 Å². The van der Waals surface area contributed by atoms with Gasteiger partial charge in [0.15, 0.2) is 0 Å². The molecule has 2 N–H and O–H groups in total. The van der Waals surface area contributed by atoms with Gasteiger partial charge >= 0.3 is 0 Å². The smallest absolute Gasteiger partial charge is 0.223 e. The van der Waals surface area contributed by atoms with Crippen molar-refractivity contribution in [2.75, 3.05) is 13.1 Å². The van der Waals surface area contributed by atoms with E-state index in [1.165, 1.54) is 24.0 Å². The lowest BCUT2D eigenvalue weighted by atomic mass is 9.94. The van der Waals surface area contributed by atoms with Crippen molar-refractivity contribution in [1.82, 2.24) is 10.6 Å². The van der Waals surface area contributed by atoms with Gasteiger partial charge in [0, 0.05) is 18.5 Å². The van der Waals surface area contributed by atoms with Crippen LogP contribution in [0.5, 0.6) is 0 Å². The molecule has 0 radical (unpaired) electrons. The van der Waals surface area contributed by atoms with Gasteiger partial charge in [0.25, 0.3) is 0 Å². The number of amides is 1. The summed E-state index contributed by atoms with van der Waals surface area (Å²) in [6.07, 6.45) is 3.53. The lowest BCUT2D eigenvalue weighted by molar-refractivity contribution is -0.125. The maximum Gasteiger partial charge on any atom is 0.223 e. The maximum atomic E-state index is 12.0. The van der Waals surface area contributed by atoms with Gasteiger partial charge in [-0.2, -0.15) is 0 Å². The van der Waals surface area contributed by atoms with Crippen LogP contribution in [0.1, 0.15) is 36.9 Å². The molecule has 2 unspecified atom stereocenters. The molecule has 3 heteroatoms. The van der Waals surface area contributed by atoms with E-state index in [2.05, 4.69) is 41.8 Å². The molecule has 19 heavy (non-hydrogen) atoms. The normalized spacial score (nSPS) is 23.5. The lowest BCUT2D eigenvalue weighted by Gasteiger charge is -2.27. The SMILES string of the molecule is CC(C(=O)NCC1NCCc2ccccc21)C1CC1. The number of carbonyl (C=O) groups is 1. The van der Waals surface area contributed by atoms with Gasteiger partial charge in [0.2, 0.25) is 5.91 Å². The average Bonchev–Trinajstić information content (AvgIpc) is 3.28. The summed E-state index contributed by atoms with van der Waals surface area (Å²) in [6, 6.07) is 8.79. The van der Waals surface area contributed by atoms with Crippen LogP contribution in [-0.4, -0.2) is 19.0 Å². The van der Waals surface area contributed by atoms with E-state index < -0.39 is 0 Å². The molecule has 2 atom stereocenters. The minimum Gasteiger partial charge on any atom is -0.354 e. The number of rotatable bonds is 4. The first-order valence-electron chi connectivity index (χ1n) is 7.34. The van der Waals surface area contributed by atoms with Crippen molar-refractivity contribution in [2.24, 2.45) is 11.8 Å². The molecule has 0 saturated heterocycles. The molecule has 1 saturated carbocycles. The van der Waals surface area contributed by atoms with Gasteiger partial charge in [-0.3, -0.25) is 4.79 Å². The Labute approximate surface area is 114 Å². The van der Waals surface area contributed by atoms with E-state index in [0.717, 1.165) is 13.0 Å². The molecule has 0 aromatic heterocycles. The molecule has 3 rings (SSSR count). The van der Waals surface area contributed by atoms with Crippen molar-refractivity contribution < 1.29 is 4.79 Å². The third kappa shape index (κ3) is 2.81. The summed E-state index contributed by atoms with van der Waals surface area (Å²) in [4.78, 5) is 12.0. The number of carbonyl (C=O) groups excluding carboxylic acids is 1. The largest absolute Gasteiger partial charge is 0.354 e. The monoisotopic (exact) mass is 258 g/mol. The molecule has 0 spiro atoms. The topological polar surface area (TPSA) is 41.1 Å². The standard InChI is InChI=1S/C16H22N2O/c1-11(12-6-7-12)16(19)18-10-15-14-5-3-2-4-13(14)8-9-17-15/h2-5,11-12,15,17H,6-10H2,1H3,(H,18,19). The Morgan fingerprint density at radius 2 is 2.21 bits per heavy atom. The van der Waals surface area contributed by atoms with E-state index in [1.54, 1.807) is 0 Å². The van der Waals surface area contributed by atoms with E-state index >= 15 is 0 Å². The highest BCUT2D eigenvalue weighted by Gasteiger charge is 2.32. The zero-order valence-electron chi connectivity index (χ0n) is 11.5. The molecule has 1 heterocycles. The Hall–Kier alpha value is -1.35. The van der Waals surface area contributed by atoms with Gasteiger partial charge in [-0.15, -0.1) is 0 Å². The second-order valence-electron chi connectivity index (χ2n) is 5.83. The van der Waals surface area contributed by atoms with Crippen molar-refractivity contribution in [2.45, 2.75) is 32.2 Å². The highest BCUT2D eigenvalue weighted by atomic mass is 16.1. The molecule has 0 bridgehead atoms. The van der Waals surface area contributed by atoms with Crippen LogP contribution < -0.4 is 10.6 Å². The quantitative estimate of drug-likeness (QED) is 0.867. The van der Waals surface area contributed by atoms with E-state index in [4.69, 9.17) is 0 Å². The van der Waals surface area contributed by atoms with Crippen molar-refractivity contribution in [3.05, 3.63) is 35.4 Å². The highest BCUT2D eigenvalue weighted by molar-refractivity contribution is 5.78. The Morgan fingerprint density at radius 1 is 1.42 bits per heavy atom. The van der Waals surface area contributed by atoms with Crippen molar-refractivity contribution >= 4 is 5.91 Å². The fourth-order valence-corrected chi connectivity index (χ4v) is 2.95. The fraction of sp³-hybridized carbons (Fsp3) is 0.562. The van der Waals surface area contributed by atoms with E-state index in [1.807, 2.05) is 0 Å². The minimum atomic E-state index is 0.179. The lowest BCUT2D eigenvalue weighted by Crippen LogP contribution is -2.40. The van der Waals surface area contributed by atoms with Crippen LogP contribution in [0, 0.1) is 11.8 Å². The summed E-state index contributed by atoms with van der Waals surface area (Å²) in [7, 11) is 0. The number of nitrogens with one attached hydrogen (secondary N) is 2. The summed E-state index contributed by atoms with van der Waals surface area (Å²) in [5, 5.41) is 6.61. The van der Waals surface area contributed by atoms with Crippen LogP contribution in [0.3, 0.4) is 0 Å². The van der Waals surface area contributed by atoms with Gasteiger partial charge in [0.1, 0.15) is 0 Å². The zero-order chi connectivity index (χ0) is 13.2. The summed E-state index contributed by atoms with van der Waals surface area (Å²) in [6.45, 7) is 3.75. The number of hydrogen-bond donors (Lipinski definition) is 2. The van der Waals surface area contributed by atoms with Crippen molar-refractivity contribution in [1.29, 1.82) is 0 Å². The van der Waals surface area contributed by atoms with Crippen LogP contribution in [0.2, 0.25) is 0 Å². The van der Waals surface area contributed by atoms with Gasteiger partial charge in [-0.05, 0) is 42.9 Å².